The summed E-state index contributed by atoms with van der Waals surface area (Å²) >= 11 is 0. The molecule has 1 aliphatic rings. The molecule has 3 aromatic rings. The maximum absolute atomic E-state index is 14.1. The normalized spacial score (nSPS) is 15.2. The fourth-order valence-electron chi connectivity index (χ4n) is 5.16. The summed E-state index contributed by atoms with van der Waals surface area (Å²) < 4.78 is 2.09. The Bertz CT molecular complexity index is 1130. The van der Waals surface area contributed by atoms with Crippen molar-refractivity contribution in [2.75, 3.05) is 44.7 Å². The van der Waals surface area contributed by atoms with Gasteiger partial charge in [-0.3, -0.25) is 4.79 Å². The monoisotopic (exact) mass is 501 g/mol. The zero-order valence-electron chi connectivity index (χ0n) is 23.2. The number of aromatic nitrogens is 2. The smallest absolute Gasteiger partial charge is 0.230 e. The highest BCUT2D eigenvalue weighted by Crippen LogP contribution is 2.31. The zero-order chi connectivity index (χ0) is 26.4. The number of nitrogens with zero attached hydrogens (tertiary/aromatic N) is 5. The minimum absolute atomic E-state index is 0.134. The van der Waals surface area contributed by atoms with Gasteiger partial charge in [0.2, 0.25) is 5.91 Å². The molecule has 0 N–H and O–H groups in total. The van der Waals surface area contributed by atoms with Crippen molar-refractivity contribution in [3.05, 3.63) is 77.5 Å². The molecular formula is C31H43N5O. The summed E-state index contributed by atoms with van der Waals surface area (Å²) in [5, 5.41) is 5.03. The molecule has 0 bridgehead atoms. The number of para-hydroxylation sites is 1. The van der Waals surface area contributed by atoms with Crippen molar-refractivity contribution in [2.45, 2.75) is 53.0 Å². The minimum Gasteiger partial charge on any atom is -0.354 e. The van der Waals surface area contributed by atoms with E-state index in [0.717, 1.165) is 73.9 Å². The molecule has 37 heavy (non-hydrogen) atoms. The summed E-state index contributed by atoms with van der Waals surface area (Å²) in [6.07, 6.45) is 1.77. The van der Waals surface area contributed by atoms with E-state index in [-0.39, 0.29) is 11.8 Å². The van der Waals surface area contributed by atoms with Crippen molar-refractivity contribution in [2.24, 2.45) is 5.92 Å². The van der Waals surface area contributed by atoms with Gasteiger partial charge in [-0.2, -0.15) is 5.10 Å². The summed E-state index contributed by atoms with van der Waals surface area (Å²) in [6.45, 7) is 13.9. The molecule has 0 aliphatic carbocycles. The van der Waals surface area contributed by atoms with E-state index in [4.69, 9.17) is 5.10 Å². The molecule has 0 spiro atoms. The summed E-state index contributed by atoms with van der Waals surface area (Å²) in [5.41, 5.74) is 4.31. The van der Waals surface area contributed by atoms with Crippen LogP contribution in [0.15, 0.2) is 60.7 Å². The molecule has 1 fully saturated rings. The molecule has 6 nitrogen and oxygen atoms in total. The molecule has 1 amide bonds. The van der Waals surface area contributed by atoms with Crippen LogP contribution in [0, 0.1) is 12.8 Å². The first kappa shape index (κ1) is 26.9. The Morgan fingerprint density at radius 1 is 0.973 bits per heavy atom. The van der Waals surface area contributed by atoms with Gasteiger partial charge in [-0.15, -0.1) is 0 Å². The predicted octanol–water partition coefficient (Wildman–Crippen LogP) is 5.50. The number of hydrogen-bond acceptors (Lipinski definition) is 4. The van der Waals surface area contributed by atoms with Crippen molar-refractivity contribution in [1.82, 2.24) is 19.6 Å². The van der Waals surface area contributed by atoms with Gasteiger partial charge in [-0.1, -0.05) is 69.3 Å². The highest BCUT2D eigenvalue weighted by Gasteiger charge is 2.30. The molecule has 2 heterocycles. The van der Waals surface area contributed by atoms with E-state index in [1.165, 1.54) is 0 Å². The first-order chi connectivity index (χ1) is 17.9. The molecule has 0 radical (unpaired) electrons. The van der Waals surface area contributed by atoms with Crippen LogP contribution in [0.4, 0.5) is 5.82 Å². The van der Waals surface area contributed by atoms with Gasteiger partial charge in [0.1, 0.15) is 5.82 Å². The molecule has 1 atom stereocenters. The van der Waals surface area contributed by atoms with E-state index < -0.39 is 0 Å². The number of hydrogen-bond donors (Lipinski definition) is 0. The Kier molecular flexibility index (Phi) is 9.04. The Morgan fingerprint density at radius 2 is 1.59 bits per heavy atom. The molecule has 2 aromatic carbocycles. The third-order valence-electron chi connectivity index (χ3n) is 7.51. The number of anilines is 1. The standard InChI is InChI=1S/C31H43N5O/c1-6-28(26-13-9-7-10-14-26)31(37)35(18-17-24(2)3)23-29-25(4)32-36(27-15-11-8-12-16-27)30(29)34-21-19-33(5)20-22-34/h7-16,24,28H,6,17-23H2,1-5H3. The van der Waals surface area contributed by atoms with Gasteiger partial charge in [0.05, 0.1) is 23.8 Å². The number of likely N-dealkylation sites (N-methyl/N-ethyl adjacent to an activating group) is 1. The lowest BCUT2D eigenvalue weighted by Crippen LogP contribution is -2.45. The molecule has 198 valence electrons. The van der Waals surface area contributed by atoms with Gasteiger partial charge >= 0.3 is 0 Å². The van der Waals surface area contributed by atoms with Gasteiger partial charge < -0.3 is 14.7 Å². The highest BCUT2D eigenvalue weighted by molar-refractivity contribution is 5.84. The summed E-state index contributed by atoms with van der Waals surface area (Å²) in [6, 6.07) is 20.6. The highest BCUT2D eigenvalue weighted by atomic mass is 16.2. The van der Waals surface area contributed by atoms with Gasteiger partial charge in [-0.05, 0) is 50.4 Å². The van der Waals surface area contributed by atoms with E-state index >= 15 is 0 Å². The molecular weight excluding hydrogens is 458 g/mol. The number of aryl methyl sites for hydroxylation is 1. The van der Waals surface area contributed by atoms with Gasteiger partial charge in [0, 0.05) is 38.3 Å². The van der Waals surface area contributed by atoms with E-state index in [2.05, 4.69) is 90.5 Å². The number of rotatable bonds is 10. The second-order valence-corrected chi connectivity index (χ2v) is 10.7. The largest absolute Gasteiger partial charge is 0.354 e. The van der Waals surface area contributed by atoms with Crippen molar-refractivity contribution in [3.63, 3.8) is 0 Å². The average Bonchev–Trinajstić information content (AvgIpc) is 3.24. The summed E-state index contributed by atoms with van der Waals surface area (Å²) in [4.78, 5) is 21.0. The quantitative estimate of drug-likeness (QED) is 0.368. The van der Waals surface area contributed by atoms with Gasteiger partial charge in [0.15, 0.2) is 0 Å². The van der Waals surface area contributed by atoms with Crippen LogP contribution in [-0.4, -0.2) is 65.3 Å². The molecule has 1 aromatic heterocycles. The first-order valence-corrected chi connectivity index (χ1v) is 13.8. The van der Waals surface area contributed by atoms with Crippen LogP contribution >= 0.6 is 0 Å². The van der Waals surface area contributed by atoms with Gasteiger partial charge in [0.25, 0.3) is 0 Å². The second kappa shape index (κ2) is 12.4. The van der Waals surface area contributed by atoms with Gasteiger partial charge in [-0.25, -0.2) is 4.68 Å². The van der Waals surface area contributed by atoms with Crippen LogP contribution in [-0.2, 0) is 11.3 Å². The topological polar surface area (TPSA) is 44.6 Å². The lowest BCUT2D eigenvalue weighted by atomic mass is 9.94. The Labute approximate surface area is 222 Å². The molecule has 1 unspecified atom stereocenters. The Balaban J connectivity index is 1.73. The van der Waals surface area contributed by atoms with Crippen LogP contribution in [0.5, 0.6) is 0 Å². The Hall–Kier alpha value is -3.12. The van der Waals surface area contributed by atoms with Crippen LogP contribution in [0.2, 0.25) is 0 Å². The summed E-state index contributed by atoms with van der Waals surface area (Å²) in [7, 11) is 2.18. The zero-order valence-corrected chi connectivity index (χ0v) is 23.2. The maximum atomic E-state index is 14.1. The van der Waals surface area contributed by atoms with Crippen molar-refractivity contribution in [3.8, 4) is 5.69 Å². The third kappa shape index (κ3) is 6.42. The third-order valence-corrected chi connectivity index (χ3v) is 7.51. The van der Waals surface area contributed by atoms with Crippen molar-refractivity contribution >= 4 is 11.7 Å². The summed E-state index contributed by atoms with van der Waals surface area (Å²) in [5.74, 6) is 1.74. The van der Waals surface area contributed by atoms with Crippen LogP contribution in [0.25, 0.3) is 5.69 Å². The number of carbonyl (C=O) groups is 1. The lowest BCUT2D eigenvalue weighted by molar-refractivity contribution is -0.133. The number of piperazine rings is 1. The molecule has 6 heteroatoms. The van der Waals surface area contributed by atoms with Crippen molar-refractivity contribution in [1.29, 1.82) is 0 Å². The fraction of sp³-hybridized carbons (Fsp3) is 0.484. The van der Waals surface area contributed by atoms with E-state index in [0.29, 0.717) is 12.5 Å². The van der Waals surface area contributed by atoms with Crippen LogP contribution in [0.1, 0.15) is 56.4 Å². The molecule has 0 saturated carbocycles. The fourth-order valence-corrected chi connectivity index (χ4v) is 5.16. The maximum Gasteiger partial charge on any atom is 0.230 e. The number of benzene rings is 2. The van der Waals surface area contributed by atoms with Crippen molar-refractivity contribution < 1.29 is 4.79 Å². The number of carbonyl (C=O) groups excluding carboxylic acids is 1. The van der Waals surface area contributed by atoms with E-state index in [1.807, 2.05) is 24.3 Å². The van der Waals surface area contributed by atoms with Crippen LogP contribution < -0.4 is 4.90 Å². The minimum atomic E-state index is -0.134. The number of amides is 1. The van der Waals surface area contributed by atoms with E-state index in [1.54, 1.807) is 0 Å². The lowest BCUT2D eigenvalue weighted by Gasteiger charge is -2.35. The first-order valence-electron chi connectivity index (χ1n) is 13.8. The second-order valence-electron chi connectivity index (χ2n) is 10.7. The predicted molar refractivity (Wildman–Crippen MR) is 152 cm³/mol. The Morgan fingerprint density at radius 3 is 2.19 bits per heavy atom. The molecule has 1 saturated heterocycles. The molecule has 4 rings (SSSR count). The molecule has 1 aliphatic heterocycles. The van der Waals surface area contributed by atoms with Crippen LogP contribution in [0.3, 0.4) is 0 Å². The SMILES string of the molecule is CCC(C(=O)N(CCC(C)C)Cc1c(C)nn(-c2ccccc2)c1N1CCN(C)CC1)c1ccccc1. The average molecular weight is 502 g/mol. The van der Waals surface area contributed by atoms with E-state index in [9.17, 15) is 4.79 Å².